The lowest BCUT2D eigenvalue weighted by molar-refractivity contribution is 0.273. The third kappa shape index (κ3) is 2.80. The quantitative estimate of drug-likeness (QED) is 0.604. The molecule has 1 fully saturated rings. The molecule has 1 aliphatic rings. The molecule has 0 aromatic carbocycles. The second-order valence-electron chi connectivity index (χ2n) is 3.57. The summed E-state index contributed by atoms with van der Waals surface area (Å²) in [6.07, 6.45) is 5.75. The molecule has 72 valence electrons. The van der Waals surface area contributed by atoms with Gasteiger partial charge < -0.3 is 0 Å². The number of allylic oxidation sites excluding steroid dienone is 1. The van der Waals surface area contributed by atoms with E-state index >= 15 is 0 Å². The van der Waals surface area contributed by atoms with E-state index in [4.69, 9.17) is 0 Å². The fourth-order valence-corrected chi connectivity index (χ4v) is 1.67. The lowest BCUT2D eigenvalue weighted by Gasteiger charge is -2.20. The highest BCUT2D eigenvalue weighted by atomic mass is 35.5. The highest BCUT2D eigenvalue weighted by molar-refractivity contribution is 5.85. The first-order valence-electron chi connectivity index (χ1n) is 4.61. The van der Waals surface area contributed by atoms with Gasteiger partial charge in [-0.05, 0) is 32.7 Å². The molecule has 1 nitrogen and oxygen atoms in total. The van der Waals surface area contributed by atoms with E-state index in [0.717, 1.165) is 18.5 Å². The number of hydrogen-bond acceptors (Lipinski definition) is 1. The van der Waals surface area contributed by atoms with Crippen LogP contribution in [0.15, 0.2) is 12.2 Å². The molecule has 0 aromatic heterocycles. The van der Waals surface area contributed by atoms with Crippen molar-refractivity contribution in [3.05, 3.63) is 12.2 Å². The molecule has 2 atom stereocenters. The minimum Gasteiger partial charge on any atom is -0.297 e. The summed E-state index contributed by atoms with van der Waals surface area (Å²) in [5, 5.41) is 0. The number of rotatable bonds is 2. The summed E-state index contributed by atoms with van der Waals surface area (Å²) in [6, 6.07) is 0.784. The summed E-state index contributed by atoms with van der Waals surface area (Å²) in [7, 11) is 0. The van der Waals surface area contributed by atoms with Gasteiger partial charge in [-0.15, -0.1) is 12.4 Å². The maximum Gasteiger partial charge on any atom is 0.0166 e. The maximum absolute atomic E-state index is 2.55. The van der Waals surface area contributed by atoms with Crippen LogP contribution in [-0.2, 0) is 0 Å². The van der Waals surface area contributed by atoms with Crippen LogP contribution in [0, 0.1) is 5.92 Å². The predicted molar refractivity (Wildman–Crippen MR) is 56.9 cm³/mol. The Balaban J connectivity index is 0.00000121. The zero-order valence-corrected chi connectivity index (χ0v) is 9.10. The monoisotopic (exact) mass is 189 g/mol. The zero-order valence-electron chi connectivity index (χ0n) is 8.29. The van der Waals surface area contributed by atoms with Gasteiger partial charge in [0.2, 0.25) is 0 Å². The second kappa shape index (κ2) is 5.60. The average molecular weight is 190 g/mol. The van der Waals surface area contributed by atoms with E-state index in [1.807, 2.05) is 0 Å². The largest absolute Gasteiger partial charge is 0.297 e. The van der Waals surface area contributed by atoms with E-state index in [9.17, 15) is 0 Å². The fraction of sp³-hybridized carbons (Fsp3) is 0.800. The van der Waals surface area contributed by atoms with Gasteiger partial charge in [0.15, 0.2) is 0 Å². The molecule has 1 rings (SSSR count). The Labute approximate surface area is 82.2 Å². The van der Waals surface area contributed by atoms with Crippen LogP contribution in [0.3, 0.4) is 0 Å². The zero-order chi connectivity index (χ0) is 8.27. The van der Waals surface area contributed by atoms with Crippen LogP contribution in [0.4, 0.5) is 0 Å². The Morgan fingerprint density at radius 1 is 1.42 bits per heavy atom. The van der Waals surface area contributed by atoms with Gasteiger partial charge in [-0.1, -0.05) is 19.1 Å². The Kier molecular flexibility index (Phi) is 5.60. The fourth-order valence-electron chi connectivity index (χ4n) is 1.67. The molecule has 0 amide bonds. The molecular formula is C10H20ClN. The molecule has 0 bridgehead atoms. The number of nitrogens with zero attached hydrogens (tertiary/aromatic N) is 1. The van der Waals surface area contributed by atoms with E-state index in [1.54, 1.807) is 0 Å². The van der Waals surface area contributed by atoms with Gasteiger partial charge in [0.25, 0.3) is 0 Å². The van der Waals surface area contributed by atoms with Crippen LogP contribution in [0.25, 0.3) is 0 Å². The van der Waals surface area contributed by atoms with Crippen molar-refractivity contribution in [1.82, 2.24) is 4.90 Å². The van der Waals surface area contributed by atoms with Gasteiger partial charge in [-0.3, -0.25) is 4.90 Å². The van der Waals surface area contributed by atoms with Crippen LogP contribution >= 0.6 is 12.4 Å². The third-order valence-corrected chi connectivity index (χ3v) is 2.85. The molecule has 0 radical (unpaired) electrons. The second-order valence-corrected chi connectivity index (χ2v) is 3.57. The summed E-state index contributed by atoms with van der Waals surface area (Å²) in [5.41, 5.74) is 0. The lowest BCUT2D eigenvalue weighted by atomic mass is 10.1. The van der Waals surface area contributed by atoms with Crippen LogP contribution in [-0.4, -0.2) is 24.0 Å². The molecule has 0 saturated carbocycles. The molecule has 1 aliphatic heterocycles. The summed E-state index contributed by atoms with van der Waals surface area (Å²) in [5.74, 6) is 0.889. The van der Waals surface area contributed by atoms with Crippen molar-refractivity contribution in [3.8, 4) is 0 Å². The topological polar surface area (TPSA) is 3.24 Å². The maximum atomic E-state index is 2.55. The first kappa shape index (κ1) is 12.0. The molecule has 1 saturated heterocycles. The Hall–Kier alpha value is -0.0100. The van der Waals surface area contributed by atoms with Gasteiger partial charge in [-0.25, -0.2) is 0 Å². The highest BCUT2D eigenvalue weighted by Gasteiger charge is 2.25. The van der Waals surface area contributed by atoms with Crippen LogP contribution in [0.5, 0.6) is 0 Å². The Morgan fingerprint density at radius 2 is 2.08 bits per heavy atom. The molecule has 0 aliphatic carbocycles. The summed E-state index contributed by atoms with van der Waals surface area (Å²) < 4.78 is 0. The number of likely N-dealkylation sites (tertiary alicyclic amines) is 1. The summed E-state index contributed by atoms with van der Waals surface area (Å²) in [6.45, 7) is 9.19. The molecule has 1 heterocycles. The Bertz CT molecular complexity index is 145. The third-order valence-electron chi connectivity index (χ3n) is 2.85. The normalized spacial score (nSPS) is 30.9. The van der Waals surface area contributed by atoms with Crippen LogP contribution in [0.1, 0.15) is 27.2 Å². The SMILES string of the molecule is C/C=C/CN1CCC(C)C1C.Cl. The number of hydrogen-bond donors (Lipinski definition) is 0. The highest BCUT2D eigenvalue weighted by Crippen LogP contribution is 2.22. The standard InChI is InChI=1S/C10H19N.ClH/c1-4-5-7-11-8-6-9(2)10(11)3;/h4-5,9-10H,6-8H2,1-3H3;1H/b5-4+;. The van der Waals surface area contributed by atoms with Crippen molar-refractivity contribution in [2.75, 3.05) is 13.1 Å². The van der Waals surface area contributed by atoms with E-state index < -0.39 is 0 Å². The van der Waals surface area contributed by atoms with E-state index in [1.165, 1.54) is 13.0 Å². The lowest BCUT2D eigenvalue weighted by Crippen LogP contribution is -2.29. The minimum absolute atomic E-state index is 0. The van der Waals surface area contributed by atoms with Crippen molar-refractivity contribution >= 4 is 12.4 Å². The summed E-state index contributed by atoms with van der Waals surface area (Å²) in [4.78, 5) is 2.55. The van der Waals surface area contributed by atoms with Crippen LogP contribution < -0.4 is 0 Å². The van der Waals surface area contributed by atoms with Gasteiger partial charge in [0.05, 0.1) is 0 Å². The smallest absolute Gasteiger partial charge is 0.0166 e. The predicted octanol–water partition coefficient (Wildman–Crippen LogP) is 2.71. The van der Waals surface area contributed by atoms with Gasteiger partial charge in [0, 0.05) is 12.6 Å². The van der Waals surface area contributed by atoms with Crippen LogP contribution in [0.2, 0.25) is 0 Å². The van der Waals surface area contributed by atoms with E-state index in [2.05, 4.69) is 37.8 Å². The molecular weight excluding hydrogens is 170 g/mol. The summed E-state index contributed by atoms with van der Waals surface area (Å²) >= 11 is 0. The average Bonchev–Trinajstić information content (AvgIpc) is 2.31. The van der Waals surface area contributed by atoms with Gasteiger partial charge in [0.1, 0.15) is 0 Å². The minimum atomic E-state index is 0. The van der Waals surface area contributed by atoms with E-state index in [0.29, 0.717) is 0 Å². The van der Waals surface area contributed by atoms with Gasteiger partial charge in [-0.2, -0.15) is 0 Å². The Morgan fingerprint density at radius 3 is 2.50 bits per heavy atom. The van der Waals surface area contributed by atoms with Crippen molar-refractivity contribution in [2.45, 2.75) is 33.2 Å². The molecule has 0 N–H and O–H groups in total. The van der Waals surface area contributed by atoms with Crippen molar-refractivity contribution in [2.24, 2.45) is 5.92 Å². The molecule has 2 heteroatoms. The van der Waals surface area contributed by atoms with Crippen molar-refractivity contribution in [3.63, 3.8) is 0 Å². The van der Waals surface area contributed by atoms with Gasteiger partial charge >= 0.3 is 0 Å². The first-order valence-corrected chi connectivity index (χ1v) is 4.61. The molecule has 12 heavy (non-hydrogen) atoms. The molecule has 2 unspecified atom stereocenters. The number of halogens is 1. The van der Waals surface area contributed by atoms with Crippen molar-refractivity contribution in [1.29, 1.82) is 0 Å². The first-order chi connectivity index (χ1) is 5.25. The van der Waals surface area contributed by atoms with E-state index in [-0.39, 0.29) is 12.4 Å². The molecule has 0 aromatic rings. The van der Waals surface area contributed by atoms with Crippen molar-refractivity contribution < 1.29 is 0 Å². The molecule has 0 spiro atoms.